The lowest BCUT2D eigenvalue weighted by atomic mass is 9.96. The van der Waals surface area contributed by atoms with Crippen LogP contribution >= 0.6 is 34.8 Å². The van der Waals surface area contributed by atoms with Crippen molar-refractivity contribution in [2.45, 2.75) is 19.3 Å². The van der Waals surface area contributed by atoms with E-state index in [9.17, 15) is 22.8 Å². The van der Waals surface area contributed by atoms with E-state index in [-0.39, 0.29) is 18.7 Å². The molecule has 1 aromatic heterocycles. The number of pyridine rings is 1. The Bertz CT molecular complexity index is 1580. The van der Waals surface area contributed by atoms with Gasteiger partial charge in [0.1, 0.15) is 6.61 Å². The average Bonchev–Trinajstić information content (AvgIpc) is 2.94. The summed E-state index contributed by atoms with van der Waals surface area (Å²) >= 11 is 18.7. The number of carbonyl (C=O) groups is 2. The van der Waals surface area contributed by atoms with Crippen LogP contribution in [0, 0.1) is 0 Å². The fraction of sp³-hybridized carbons (Fsp3) is 0.138. The largest absolute Gasteiger partial charge is 0.416 e. The van der Waals surface area contributed by atoms with Gasteiger partial charge in [0.15, 0.2) is 0 Å². The Labute approximate surface area is 248 Å². The van der Waals surface area contributed by atoms with Gasteiger partial charge in [0.2, 0.25) is 5.91 Å². The maximum absolute atomic E-state index is 12.9. The molecule has 3 aromatic carbocycles. The van der Waals surface area contributed by atoms with Gasteiger partial charge in [-0.1, -0.05) is 53.0 Å². The van der Waals surface area contributed by atoms with Gasteiger partial charge in [-0.3, -0.25) is 9.59 Å². The van der Waals surface area contributed by atoms with Crippen molar-refractivity contribution >= 4 is 46.6 Å². The van der Waals surface area contributed by atoms with Crippen LogP contribution in [0.3, 0.4) is 0 Å². The first-order chi connectivity index (χ1) is 19.5. The van der Waals surface area contributed by atoms with E-state index in [4.69, 9.17) is 44.9 Å². The number of rotatable bonds is 8. The summed E-state index contributed by atoms with van der Waals surface area (Å²) in [5.41, 5.74) is 2.38. The summed E-state index contributed by atoms with van der Waals surface area (Å²) in [4.78, 5) is 29.4. The maximum atomic E-state index is 12.9. The van der Waals surface area contributed by atoms with Crippen LogP contribution in [0.5, 0.6) is 0 Å². The standard InChI is InChI=1S/C29H21Cl3F3N3O3/c30-20-7-3-16(4-8-20)27-23(22-10-9-21(31)12-24(22)32)11-18(25(38-27)14-36-26(40)15-39)13-37-28(41)17-1-5-19(6-2-17)29(33,34)35/h1-12,39H,13-15H2,(H,36,40)(H,37,41). The molecule has 4 rings (SSSR count). The minimum atomic E-state index is -4.53. The van der Waals surface area contributed by atoms with E-state index in [2.05, 4.69) is 10.6 Å². The van der Waals surface area contributed by atoms with Crippen molar-refractivity contribution in [1.29, 1.82) is 0 Å². The number of nitrogens with zero attached hydrogens (tertiary/aromatic N) is 1. The number of amides is 2. The van der Waals surface area contributed by atoms with Crippen LogP contribution in [-0.4, -0.2) is 28.5 Å². The topological polar surface area (TPSA) is 91.3 Å². The van der Waals surface area contributed by atoms with Crippen molar-refractivity contribution in [3.63, 3.8) is 0 Å². The summed E-state index contributed by atoms with van der Waals surface area (Å²) < 4.78 is 38.7. The van der Waals surface area contributed by atoms with E-state index in [0.717, 1.165) is 24.3 Å². The molecule has 0 bridgehead atoms. The SMILES string of the molecule is O=C(CO)NCc1nc(-c2ccc(Cl)cc2)c(-c2ccc(Cl)cc2Cl)cc1CNC(=O)c1ccc(C(F)(F)F)cc1. The minimum absolute atomic E-state index is 0.0276. The Balaban J connectivity index is 1.76. The molecule has 0 radical (unpaired) electrons. The smallest absolute Gasteiger partial charge is 0.387 e. The molecule has 212 valence electrons. The first-order valence-electron chi connectivity index (χ1n) is 12.0. The molecule has 0 spiro atoms. The molecular formula is C29H21Cl3F3N3O3. The molecule has 4 aromatic rings. The quantitative estimate of drug-likeness (QED) is 0.199. The normalized spacial score (nSPS) is 11.3. The Hall–Kier alpha value is -3.63. The second-order valence-corrected chi connectivity index (χ2v) is 10.1. The van der Waals surface area contributed by atoms with Crippen LogP contribution in [0.1, 0.15) is 27.2 Å². The lowest BCUT2D eigenvalue weighted by Crippen LogP contribution is -2.28. The summed E-state index contributed by atoms with van der Waals surface area (Å²) in [5.74, 6) is -1.25. The Kier molecular flexibility index (Phi) is 9.55. The summed E-state index contributed by atoms with van der Waals surface area (Å²) in [6.45, 7) is -0.904. The van der Waals surface area contributed by atoms with Gasteiger partial charge < -0.3 is 15.7 Å². The van der Waals surface area contributed by atoms with Crippen molar-refractivity contribution in [2.75, 3.05) is 6.61 Å². The molecule has 1 heterocycles. The Morgan fingerprint density at radius 2 is 1.46 bits per heavy atom. The van der Waals surface area contributed by atoms with E-state index in [1.54, 1.807) is 48.5 Å². The maximum Gasteiger partial charge on any atom is 0.416 e. The molecule has 0 aliphatic carbocycles. The number of halogens is 6. The number of nitrogens with one attached hydrogen (secondary N) is 2. The molecule has 41 heavy (non-hydrogen) atoms. The molecule has 2 amide bonds. The molecule has 6 nitrogen and oxygen atoms in total. The van der Waals surface area contributed by atoms with Crippen molar-refractivity contribution in [2.24, 2.45) is 0 Å². The van der Waals surface area contributed by atoms with Crippen LogP contribution < -0.4 is 10.6 Å². The molecule has 0 aliphatic heterocycles. The highest BCUT2D eigenvalue weighted by Gasteiger charge is 2.30. The fourth-order valence-electron chi connectivity index (χ4n) is 3.97. The molecule has 0 aliphatic rings. The molecule has 12 heteroatoms. The van der Waals surface area contributed by atoms with Crippen LogP contribution in [0.2, 0.25) is 15.1 Å². The first-order valence-corrected chi connectivity index (χ1v) is 13.2. The van der Waals surface area contributed by atoms with Crippen molar-refractivity contribution in [3.8, 4) is 22.4 Å². The van der Waals surface area contributed by atoms with Crippen LogP contribution in [-0.2, 0) is 24.1 Å². The van der Waals surface area contributed by atoms with Crippen molar-refractivity contribution < 1.29 is 27.9 Å². The summed E-state index contributed by atoms with van der Waals surface area (Å²) in [5, 5.41) is 15.7. The fourth-order valence-corrected chi connectivity index (χ4v) is 4.60. The zero-order valence-electron chi connectivity index (χ0n) is 21.0. The number of benzene rings is 3. The predicted octanol–water partition coefficient (Wildman–Crippen LogP) is 6.93. The molecule has 0 fully saturated rings. The van der Waals surface area contributed by atoms with Crippen molar-refractivity contribution in [1.82, 2.24) is 15.6 Å². The second-order valence-electron chi connectivity index (χ2n) is 8.81. The third kappa shape index (κ3) is 7.56. The Morgan fingerprint density at radius 1 is 0.805 bits per heavy atom. The molecule has 3 N–H and O–H groups in total. The number of hydrogen-bond donors (Lipinski definition) is 3. The van der Waals surface area contributed by atoms with Gasteiger partial charge in [0.25, 0.3) is 5.91 Å². The predicted molar refractivity (Wildman–Crippen MR) is 152 cm³/mol. The van der Waals surface area contributed by atoms with Gasteiger partial charge in [-0.2, -0.15) is 13.2 Å². The van der Waals surface area contributed by atoms with Gasteiger partial charge in [-0.05, 0) is 60.2 Å². The minimum Gasteiger partial charge on any atom is -0.387 e. The second kappa shape index (κ2) is 12.9. The third-order valence-electron chi connectivity index (χ3n) is 6.04. The van der Waals surface area contributed by atoms with Gasteiger partial charge in [0.05, 0.1) is 23.5 Å². The lowest BCUT2D eigenvalue weighted by Gasteiger charge is -2.18. The molecule has 0 saturated carbocycles. The van der Waals surface area contributed by atoms with Gasteiger partial charge >= 0.3 is 6.18 Å². The van der Waals surface area contributed by atoms with E-state index < -0.39 is 30.2 Å². The zero-order chi connectivity index (χ0) is 29.7. The number of carbonyl (C=O) groups excluding carboxylic acids is 2. The van der Waals surface area contributed by atoms with Gasteiger partial charge in [-0.25, -0.2) is 4.98 Å². The number of aromatic nitrogens is 1. The molecule has 0 saturated heterocycles. The van der Waals surface area contributed by atoms with Gasteiger partial charge in [0, 0.05) is 43.9 Å². The summed E-state index contributed by atoms with van der Waals surface area (Å²) in [7, 11) is 0. The highest BCUT2D eigenvalue weighted by Crippen LogP contribution is 2.38. The first kappa shape index (κ1) is 30.3. The Morgan fingerprint density at radius 3 is 2.07 bits per heavy atom. The van der Waals surface area contributed by atoms with Gasteiger partial charge in [-0.15, -0.1) is 0 Å². The molecule has 0 unspecified atom stereocenters. The lowest BCUT2D eigenvalue weighted by molar-refractivity contribution is -0.137. The molecule has 0 atom stereocenters. The summed E-state index contributed by atoms with van der Waals surface area (Å²) in [6.07, 6.45) is -4.53. The third-order valence-corrected chi connectivity index (χ3v) is 6.84. The number of hydrogen-bond acceptors (Lipinski definition) is 4. The molecular weight excluding hydrogens is 602 g/mol. The highest BCUT2D eigenvalue weighted by atomic mass is 35.5. The number of alkyl halides is 3. The zero-order valence-corrected chi connectivity index (χ0v) is 23.3. The van der Waals surface area contributed by atoms with E-state index in [0.29, 0.717) is 48.7 Å². The monoisotopic (exact) mass is 621 g/mol. The van der Waals surface area contributed by atoms with Crippen LogP contribution in [0.15, 0.2) is 72.8 Å². The van der Waals surface area contributed by atoms with E-state index in [1.165, 1.54) is 0 Å². The number of aliphatic hydroxyl groups is 1. The highest BCUT2D eigenvalue weighted by molar-refractivity contribution is 6.36. The van der Waals surface area contributed by atoms with Crippen molar-refractivity contribution in [3.05, 3.63) is 110 Å². The van der Waals surface area contributed by atoms with Crippen LogP contribution in [0.25, 0.3) is 22.4 Å². The van der Waals surface area contributed by atoms with E-state index >= 15 is 0 Å². The number of aliphatic hydroxyl groups excluding tert-OH is 1. The summed E-state index contributed by atoms with van der Waals surface area (Å²) in [6, 6.07) is 17.4. The van der Waals surface area contributed by atoms with Crippen LogP contribution in [0.4, 0.5) is 13.2 Å². The van der Waals surface area contributed by atoms with E-state index in [1.807, 2.05) is 0 Å². The average molecular weight is 623 g/mol.